The molecule has 0 aromatic carbocycles. The fourth-order valence-electron chi connectivity index (χ4n) is 3.01. The number of sulfonamides is 1. The van der Waals surface area contributed by atoms with Crippen LogP contribution < -0.4 is 5.73 Å². The molecule has 21 heavy (non-hydrogen) atoms. The van der Waals surface area contributed by atoms with E-state index in [2.05, 4.69) is 12.0 Å². The Kier molecular flexibility index (Phi) is 5.83. The molecule has 0 radical (unpaired) electrons. The normalized spacial score (nSPS) is 23.9. The summed E-state index contributed by atoms with van der Waals surface area (Å²) in [5.74, 6) is 0.520. The maximum atomic E-state index is 12.9. The molecule has 0 spiro atoms. The van der Waals surface area contributed by atoms with Crippen LogP contribution in [0.3, 0.4) is 0 Å². The molecule has 1 aromatic heterocycles. The van der Waals surface area contributed by atoms with Gasteiger partial charge in [-0.05, 0) is 32.6 Å². The maximum Gasteiger partial charge on any atom is 0.247 e. The Balaban J connectivity index is 0.00000220. The molecule has 122 valence electrons. The van der Waals surface area contributed by atoms with Gasteiger partial charge in [-0.1, -0.05) is 6.92 Å². The summed E-state index contributed by atoms with van der Waals surface area (Å²) in [5.41, 5.74) is 7.02. The Morgan fingerprint density at radius 2 is 2.00 bits per heavy atom. The fourth-order valence-corrected chi connectivity index (χ4v) is 5.07. The number of nitrogens with zero attached hydrogens (tertiary/aromatic N) is 3. The van der Waals surface area contributed by atoms with E-state index in [1.54, 1.807) is 29.9 Å². The van der Waals surface area contributed by atoms with E-state index in [4.69, 9.17) is 5.73 Å². The van der Waals surface area contributed by atoms with Gasteiger partial charge in [0, 0.05) is 26.2 Å². The van der Waals surface area contributed by atoms with E-state index in [1.807, 2.05) is 0 Å². The summed E-state index contributed by atoms with van der Waals surface area (Å²) in [5, 5.41) is 4.22. The van der Waals surface area contributed by atoms with Gasteiger partial charge in [-0.15, -0.1) is 12.4 Å². The molecule has 1 aromatic rings. The lowest BCUT2D eigenvalue weighted by Gasteiger charge is -2.36. The highest BCUT2D eigenvalue weighted by atomic mass is 35.5. The second kappa shape index (κ2) is 6.64. The summed E-state index contributed by atoms with van der Waals surface area (Å²) >= 11 is 0. The molecule has 2 atom stereocenters. The van der Waals surface area contributed by atoms with E-state index >= 15 is 0 Å². The number of hydrogen-bond acceptors (Lipinski definition) is 4. The van der Waals surface area contributed by atoms with Crippen molar-refractivity contribution in [2.45, 2.75) is 44.6 Å². The maximum absolute atomic E-state index is 12.9. The molecule has 8 heteroatoms. The van der Waals surface area contributed by atoms with Crippen molar-refractivity contribution in [3.05, 3.63) is 11.4 Å². The number of rotatable bonds is 3. The minimum atomic E-state index is -3.52. The molecule has 1 aliphatic heterocycles. The number of piperidine rings is 1. The van der Waals surface area contributed by atoms with E-state index in [9.17, 15) is 8.42 Å². The smallest absolute Gasteiger partial charge is 0.247 e. The van der Waals surface area contributed by atoms with Crippen LogP contribution in [0.1, 0.15) is 31.2 Å². The van der Waals surface area contributed by atoms with Crippen molar-refractivity contribution in [3.8, 4) is 0 Å². The fraction of sp³-hybridized carbons (Fsp3) is 0.769. The molecule has 2 N–H and O–H groups in total. The Hall–Kier alpha value is -0.630. The number of nitrogens with two attached hydrogens (primary N) is 1. The third kappa shape index (κ3) is 3.26. The van der Waals surface area contributed by atoms with E-state index in [0.29, 0.717) is 35.3 Å². The molecular weight excluding hydrogens is 312 g/mol. The van der Waals surface area contributed by atoms with Gasteiger partial charge in [-0.25, -0.2) is 8.42 Å². The predicted molar refractivity (Wildman–Crippen MR) is 85.1 cm³/mol. The first kappa shape index (κ1) is 18.4. The summed E-state index contributed by atoms with van der Waals surface area (Å²) in [6, 6.07) is -0.109. The van der Waals surface area contributed by atoms with Gasteiger partial charge in [0.2, 0.25) is 10.0 Å². The molecule has 1 fully saturated rings. The first-order valence-corrected chi connectivity index (χ1v) is 8.45. The molecule has 0 aliphatic carbocycles. The van der Waals surface area contributed by atoms with Crippen molar-refractivity contribution in [3.63, 3.8) is 0 Å². The largest absolute Gasteiger partial charge is 0.329 e. The van der Waals surface area contributed by atoms with Crippen LogP contribution >= 0.6 is 12.4 Å². The SMILES string of the molecule is Cc1nn(C)c(C)c1S(=O)(=O)N1CCC(C)CC1CN.Cl. The molecule has 0 saturated carbocycles. The number of hydrogen-bond donors (Lipinski definition) is 1. The Labute approximate surface area is 133 Å². The summed E-state index contributed by atoms with van der Waals surface area (Å²) in [6.07, 6.45) is 1.71. The Morgan fingerprint density at radius 1 is 1.38 bits per heavy atom. The van der Waals surface area contributed by atoms with Gasteiger partial charge in [0.15, 0.2) is 0 Å². The zero-order valence-electron chi connectivity index (χ0n) is 13.0. The van der Waals surface area contributed by atoms with Crippen LogP contribution in [-0.4, -0.2) is 41.6 Å². The monoisotopic (exact) mass is 336 g/mol. The summed E-state index contributed by atoms with van der Waals surface area (Å²) in [6.45, 7) is 6.58. The molecule has 2 rings (SSSR count). The first-order chi connectivity index (χ1) is 9.28. The minimum absolute atomic E-state index is 0. The molecule has 6 nitrogen and oxygen atoms in total. The summed E-state index contributed by atoms with van der Waals surface area (Å²) in [7, 11) is -1.75. The number of aryl methyl sites for hydroxylation is 2. The van der Waals surface area contributed by atoms with Crippen LogP contribution in [-0.2, 0) is 17.1 Å². The highest BCUT2D eigenvalue weighted by molar-refractivity contribution is 7.89. The quantitative estimate of drug-likeness (QED) is 0.899. The van der Waals surface area contributed by atoms with Gasteiger partial charge < -0.3 is 5.73 Å². The zero-order valence-corrected chi connectivity index (χ0v) is 14.7. The summed E-state index contributed by atoms with van der Waals surface area (Å²) in [4.78, 5) is 0.341. The van der Waals surface area contributed by atoms with E-state index in [1.165, 1.54) is 0 Å². The van der Waals surface area contributed by atoms with E-state index in [-0.39, 0.29) is 18.4 Å². The average molecular weight is 337 g/mol. The first-order valence-electron chi connectivity index (χ1n) is 7.01. The standard InChI is InChI=1S/C13H24N4O2S.ClH/c1-9-5-6-17(12(7-9)8-14)20(18,19)13-10(2)15-16(4)11(13)3;/h9,12H,5-8,14H2,1-4H3;1H. The Morgan fingerprint density at radius 3 is 2.48 bits per heavy atom. The van der Waals surface area contributed by atoms with Gasteiger partial charge >= 0.3 is 0 Å². The number of halogens is 1. The van der Waals surface area contributed by atoms with Crippen molar-refractivity contribution >= 4 is 22.4 Å². The van der Waals surface area contributed by atoms with E-state index in [0.717, 1.165) is 12.8 Å². The van der Waals surface area contributed by atoms with Crippen LogP contribution in [0.25, 0.3) is 0 Å². The van der Waals surface area contributed by atoms with Gasteiger partial charge in [0.25, 0.3) is 0 Å². The van der Waals surface area contributed by atoms with Crippen LogP contribution in [0.15, 0.2) is 4.90 Å². The predicted octanol–water partition coefficient (Wildman–Crippen LogP) is 1.21. The van der Waals surface area contributed by atoms with Gasteiger partial charge in [0.1, 0.15) is 4.90 Å². The molecule has 0 amide bonds. The highest BCUT2D eigenvalue weighted by Gasteiger charge is 2.37. The van der Waals surface area contributed by atoms with Crippen LogP contribution in [0, 0.1) is 19.8 Å². The van der Waals surface area contributed by atoms with Gasteiger partial charge in [-0.3, -0.25) is 4.68 Å². The van der Waals surface area contributed by atoms with Crippen LogP contribution in [0.5, 0.6) is 0 Å². The third-order valence-corrected chi connectivity index (χ3v) is 6.41. The second-order valence-electron chi connectivity index (χ2n) is 5.76. The summed E-state index contributed by atoms with van der Waals surface area (Å²) < 4.78 is 29.1. The zero-order chi connectivity index (χ0) is 15.1. The molecule has 1 aliphatic rings. The Bertz CT molecular complexity index is 600. The number of aromatic nitrogens is 2. The highest BCUT2D eigenvalue weighted by Crippen LogP contribution is 2.30. The molecule has 1 saturated heterocycles. The lowest BCUT2D eigenvalue weighted by molar-refractivity contribution is 0.211. The van der Waals surface area contributed by atoms with Crippen LogP contribution in [0.2, 0.25) is 0 Å². The lowest BCUT2D eigenvalue weighted by atomic mass is 9.94. The van der Waals surface area contributed by atoms with Crippen molar-refractivity contribution in [2.24, 2.45) is 18.7 Å². The topological polar surface area (TPSA) is 81.2 Å². The van der Waals surface area contributed by atoms with E-state index < -0.39 is 10.0 Å². The van der Waals surface area contributed by atoms with Gasteiger partial charge in [-0.2, -0.15) is 9.40 Å². The molecular formula is C13H25ClN4O2S. The van der Waals surface area contributed by atoms with Crippen molar-refractivity contribution in [2.75, 3.05) is 13.1 Å². The lowest BCUT2D eigenvalue weighted by Crippen LogP contribution is -2.49. The minimum Gasteiger partial charge on any atom is -0.329 e. The average Bonchev–Trinajstić information content (AvgIpc) is 2.63. The van der Waals surface area contributed by atoms with Crippen molar-refractivity contribution < 1.29 is 8.42 Å². The van der Waals surface area contributed by atoms with Gasteiger partial charge in [0.05, 0.1) is 11.4 Å². The van der Waals surface area contributed by atoms with Crippen LogP contribution in [0.4, 0.5) is 0 Å². The third-order valence-electron chi connectivity index (χ3n) is 4.21. The second-order valence-corrected chi connectivity index (χ2v) is 7.59. The molecule has 2 unspecified atom stereocenters. The molecule has 2 heterocycles. The van der Waals surface area contributed by atoms with Crippen molar-refractivity contribution in [1.82, 2.24) is 14.1 Å². The molecule has 0 bridgehead atoms. The van der Waals surface area contributed by atoms with Crippen molar-refractivity contribution in [1.29, 1.82) is 0 Å².